The Morgan fingerprint density at radius 1 is 0.955 bits per heavy atom. The van der Waals surface area contributed by atoms with Crippen molar-refractivity contribution < 1.29 is 24.2 Å². The van der Waals surface area contributed by atoms with Crippen LogP contribution in [0, 0.1) is 20.8 Å². The van der Waals surface area contributed by atoms with Crippen molar-refractivity contribution in [3.8, 4) is 0 Å². The van der Waals surface area contributed by atoms with Gasteiger partial charge in [0.25, 0.3) is 6.47 Å². The Balaban J connectivity index is 1.92. The van der Waals surface area contributed by atoms with Crippen LogP contribution in [-0.2, 0) is 20.7 Å². The van der Waals surface area contributed by atoms with Gasteiger partial charge in [0.2, 0.25) is 0 Å². The highest BCUT2D eigenvalue weighted by molar-refractivity contribution is 6.02. The van der Waals surface area contributed by atoms with E-state index in [-0.39, 0.29) is 24.0 Å². The third kappa shape index (κ3) is 5.56. The van der Waals surface area contributed by atoms with Crippen LogP contribution in [0.3, 0.4) is 0 Å². The Hall–Kier alpha value is -4.24. The second kappa shape index (κ2) is 12.8. The second-order valence-corrected chi connectivity index (χ2v) is 11.8. The van der Waals surface area contributed by atoms with Crippen LogP contribution in [0.4, 0.5) is 0 Å². The molecule has 5 heterocycles. The lowest BCUT2D eigenvalue weighted by Gasteiger charge is -2.16. The number of rotatable bonds is 10. The van der Waals surface area contributed by atoms with Gasteiger partial charge in [-0.2, -0.15) is 0 Å². The van der Waals surface area contributed by atoms with Gasteiger partial charge in [-0.15, -0.1) is 0 Å². The molecule has 0 spiro atoms. The molecule has 0 unspecified atom stereocenters. The summed E-state index contributed by atoms with van der Waals surface area (Å²) in [7, 11) is 0. The Morgan fingerprint density at radius 2 is 1.70 bits per heavy atom. The zero-order valence-corrected chi connectivity index (χ0v) is 26.7. The van der Waals surface area contributed by atoms with Gasteiger partial charge >= 0.3 is 5.97 Å². The molecule has 5 rings (SSSR count). The number of hydrogen-bond acceptors (Lipinski definition) is 6. The first-order valence-electron chi connectivity index (χ1n) is 15.4. The standard InChI is InChI=1S/C35H42N4O5/c1-8-11-43-16-25-20(5)26-13-28-19(4)24(10-12-44-17-40)33(38-28)22(7)34-32(35(41)42)21(6)29(39-34)15-30-23(9-2)18(3)27(36-30)14-31(25)37-26/h13-15,17,19,24,36,39H,8-12,16H2,1-7H3,(H,41,42)/t19-,24-/m0/s1. The number of carboxylic acid groups (broad SMARTS) is 1. The minimum Gasteiger partial charge on any atom is -0.478 e. The van der Waals surface area contributed by atoms with Gasteiger partial charge in [0.1, 0.15) is 0 Å². The maximum Gasteiger partial charge on any atom is 0.338 e. The largest absolute Gasteiger partial charge is 0.478 e. The van der Waals surface area contributed by atoms with Crippen molar-refractivity contribution in [2.24, 2.45) is 0 Å². The molecule has 0 amide bonds. The molecular weight excluding hydrogens is 556 g/mol. The van der Waals surface area contributed by atoms with Crippen LogP contribution in [0.1, 0.15) is 108 Å². The SMILES string of the molecule is CCCOCC1=C(C)c2cc3nc(c(C)c4[nH]c(cc5[nH]c(cc1n2)c(C)c5CC)c(C)c4C(=O)O)[C@@H](CCOC=O)[C@@H]3C. The van der Waals surface area contributed by atoms with E-state index in [0.29, 0.717) is 37.2 Å². The highest BCUT2D eigenvalue weighted by Crippen LogP contribution is 2.42. The number of aryl methyl sites for hydroxylation is 4. The molecule has 0 aliphatic carbocycles. The predicted octanol–water partition coefficient (Wildman–Crippen LogP) is 7.31. The lowest BCUT2D eigenvalue weighted by molar-refractivity contribution is -0.128. The predicted molar refractivity (Wildman–Crippen MR) is 173 cm³/mol. The molecule has 2 aliphatic heterocycles. The van der Waals surface area contributed by atoms with Gasteiger partial charge in [0.15, 0.2) is 0 Å². The zero-order valence-electron chi connectivity index (χ0n) is 26.7. The summed E-state index contributed by atoms with van der Waals surface area (Å²) in [4.78, 5) is 40.9. The summed E-state index contributed by atoms with van der Waals surface area (Å²) in [6.07, 6.45) is 2.30. The van der Waals surface area contributed by atoms with Crippen molar-refractivity contribution in [3.05, 3.63) is 68.8 Å². The lowest BCUT2D eigenvalue weighted by Crippen LogP contribution is -2.08. The number of carbonyl (C=O) groups excluding carboxylic acids is 1. The first-order chi connectivity index (χ1) is 21.1. The van der Waals surface area contributed by atoms with Crippen LogP contribution >= 0.6 is 0 Å². The summed E-state index contributed by atoms with van der Waals surface area (Å²) >= 11 is 0. The molecule has 0 saturated carbocycles. The molecular formula is C35H42N4O5. The van der Waals surface area contributed by atoms with E-state index in [1.165, 1.54) is 0 Å². The number of ether oxygens (including phenoxy) is 2. The quantitative estimate of drug-likeness (QED) is 0.165. The van der Waals surface area contributed by atoms with Gasteiger partial charge < -0.3 is 24.5 Å². The van der Waals surface area contributed by atoms with Crippen molar-refractivity contribution in [2.75, 3.05) is 19.8 Å². The summed E-state index contributed by atoms with van der Waals surface area (Å²) in [6, 6.07) is 6.15. The van der Waals surface area contributed by atoms with E-state index in [1.54, 1.807) is 0 Å². The van der Waals surface area contributed by atoms with E-state index in [9.17, 15) is 14.7 Å². The van der Waals surface area contributed by atoms with Crippen molar-refractivity contribution in [3.63, 3.8) is 0 Å². The number of aromatic nitrogens is 4. The first kappa shape index (κ1) is 31.2. The molecule has 232 valence electrons. The van der Waals surface area contributed by atoms with Crippen LogP contribution < -0.4 is 0 Å². The van der Waals surface area contributed by atoms with E-state index in [1.807, 2.05) is 26.0 Å². The number of fused-ring (bicyclic) bond motifs is 8. The fourth-order valence-electron chi connectivity index (χ4n) is 6.57. The molecule has 3 aromatic heterocycles. The molecule has 0 aromatic carbocycles. The van der Waals surface area contributed by atoms with Crippen molar-refractivity contribution in [2.45, 2.75) is 79.6 Å². The minimum absolute atomic E-state index is 0.00974. The molecule has 0 radical (unpaired) electrons. The van der Waals surface area contributed by atoms with Gasteiger partial charge in [0.05, 0.1) is 35.7 Å². The third-order valence-electron chi connectivity index (χ3n) is 9.19. The third-order valence-corrected chi connectivity index (χ3v) is 9.19. The fourth-order valence-corrected chi connectivity index (χ4v) is 6.57. The Morgan fingerprint density at radius 3 is 2.39 bits per heavy atom. The van der Waals surface area contributed by atoms with E-state index in [4.69, 9.17) is 19.4 Å². The molecule has 0 fully saturated rings. The summed E-state index contributed by atoms with van der Waals surface area (Å²) in [5.41, 5.74) is 12.5. The van der Waals surface area contributed by atoms with Gasteiger partial charge in [0, 0.05) is 52.0 Å². The number of hydrogen-bond donors (Lipinski definition) is 3. The number of carbonyl (C=O) groups is 2. The Labute approximate surface area is 257 Å². The van der Waals surface area contributed by atoms with Crippen LogP contribution in [0.2, 0.25) is 0 Å². The number of allylic oxidation sites excluding steroid dienone is 1. The molecule has 0 saturated heterocycles. The van der Waals surface area contributed by atoms with E-state index in [2.05, 4.69) is 50.7 Å². The van der Waals surface area contributed by atoms with Crippen LogP contribution in [0.25, 0.3) is 33.2 Å². The second-order valence-electron chi connectivity index (χ2n) is 11.8. The topological polar surface area (TPSA) is 130 Å². The normalized spacial score (nSPS) is 16.4. The van der Waals surface area contributed by atoms with Gasteiger partial charge in [-0.1, -0.05) is 20.8 Å². The first-order valence-corrected chi connectivity index (χ1v) is 15.4. The maximum absolute atomic E-state index is 12.6. The van der Waals surface area contributed by atoms with Crippen molar-refractivity contribution in [1.82, 2.24) is 19.9 Å². The smallest absolute Gasteiger partial charge is 0.338 e. The van der Waals surface area contributed by atoms with Crippen molar-refractivity contribution >= 4 is 45.7 Å². The number of H-pyrrole nitrogens is 2. The molecule has 9 nitrogen and oxygen atoms in total. The molecule has 2 aliphatic rings. The summed E-state index contributed by atoms with van der Waals surface area (Å²) in [5, 5.41) is 10.3. The fraction of sp³-hybridized carbons (Fsp3) is 0.429. The van der Waals surface area contributed by atoms with Crippen molar-refractivity contribution in [1.29, 1.82) is 0 Å². The molecule has 2 atom stereocenters. The zero-order chi connectivity index (χ0) is 31.7. The molecule has 3 N–H and O–H groups in total. The molecule has 44 heavy (non-hydrogen) atoms. The molecule has 9 heteroatoms. The minimum atomic E-state index is -0.997. The molecule has 8 bridgehead atoms. The highest BCUT2D eigenvalue weighted by atomic mass is 16.5. The lowest BCUT2D eigenvalue weighted by atomic mass is 9.87. The number of aromatic amines is 2. The Kier molecular flexibility index (Phi) is 9.06. The van der Waals surface area contributed by atoms with E-state index >= 15 is 0 Å². The summed E-state index contributed by atoms with van der Waals surface area (Å²) in [5.74, 6) is -1.09. The monoisotopic (exact) mass is 598 g/mol. The number of aromatic carboxylic acids is 1. The van der Waals surface area contributed by atoms with E-state index in [0.717, 1.165) is 80.0 Å². The van der Waals surface area contributed by atoms with Crippen LogP contribution in [0.5, 0.6) is 0 Å². The summed E-state index contributed by atoms with van der Waals surface area (Å²) in [6.45, 7) is 16.1. The van der Waals surface area contributed by atoms with Gasteiger partial charge in [-0.3, -0.25) is 9.78 Å². The average Bonchev–Trinajstić information content (AvgIpc) is 3.67. The van der Waals surface area contributed by atoms with E-state index < -0.39 is 5.97 Å². The van der Waals surface area contributed by atoms with Gasteiger partial charge in [-0.25, -0.2) is 9.78 Å². The highest BCUT2D eigenvalue weighted by Gasteiger charge is 2.32. The number of nitrogens with zero attached hydrogens (tertiary/aromatic N) is 2. The maximum atomic E-state index is 12.6. The summed E-state index contributed by atoms with van der Waals surface area (Å²) < 4.78 is 11.1. The van der Waals surface area contributed by atoms with Crippen LogP contribution in [0.15, 0.2) is 18.2 Å². The molecule has 3 aromatic rings. The number of carboxylic acids is 1. The average molecular weight is 599 g/mol. The number of nitrogens with one attached hydrogen (secondary N) is 2. The van der Waals surface area contributed by atoms with Crippen LogP contribution in [-0.4, -0.2) is 57.3 Å². The Bertz CT molecular complexity index is 1810. The van der Waals surface area contributed by atoms with Gasteiger partial charge in [-0.05, 0) is 93.0 Å².